The molecule has 0 aliphatic rings. The van der Waals surface area contributed by atoms with Gasteiger partial charge in [-0.05, 0) is 73.8 Å². The van der Waals surface area contributed by atoms with E-state index < -0.39 is 0 Å². The zero-order valence-electron chi connectivity index (χ0n) is 16.1. The number of nitrogens with zero attached hydrogens (tertiary/aromatic N) is 2. The van der Waals surface area contributed by atoms with Crippen LogP contribution in [0.1, 0.15) is 0 Å². The van der Waals surface area contributed by atoms with Gasteiger partial charge in [0.2, 0.25) is 0 Å². The van der Waals surface area contributed by atoms with E-state index in [1.807, 2.05) is 24.5 Å². The molecule has 0 atom stereocenters. The number of fused-ring (bicyclic) bond motifs is 3. The van der Waals surface area contributed by atoms with Crippen molar-refractivity contribution in [3.05, 3.63) is 97.3 Å². The van der Waals surface area contributed by atoms with Gasteiger partial charge in [-0.2, -0.15) is 0 Å². The van der Waals surface area contributed by atoms with Crippen molar-refractivity contribution in [3.63, 3.8) is 0 Å². The van der Waals surface area contributed by atoms with Gasteiger partial charge in [0.05, 0.1) is 11.0 Å². The highest BCUT2D eigenvalue weighted by Crippen LogP contribution is 2.39. The third-order valence-corrected chi connectivity index (χ3v) is 6.24. The fraction of sp³-hybridized carbons (Fsp3) is 0. The molecule has 2 aromatic heterocycles. The Labute approximate surface area is 172 Å². The largest absolute Gasteiger partial charge is 0.254 e. The topological polar surface area (TPSA) is 25.8 Å². The standard InChI is InChI=1S/C28H16N2/c1-4-17-8-10-19-14-22(15-20-11-9-18(5-1)25(17)26(19)20)24-16-21-6-2-12-29-27(21)28-23(24)7-3-13-30-28/h1-16H. The summed E-state index contributed by atoms with van der Waals surface area (Å²) in [5.74, 6) is 0. The van der Waals surface area contributed by atoms with Gasteiger partial charge in [0.1, 0.15) is 0 Å². The molecule has 2 nitrogen and oxygen atoms in total. The molecule has 138 valence electrons. The summed E-state index contributed by atoms with van der Waals surface area (Å²) in [5, 5.41) is 10.1. The van der Waals surface area contributed by atoms with E-state index in [0.717, 1.165) is 21.8 Å². The maximum absolute atomic E-state index is 4.67. The molecule has 0 bridgehead atoms. The lowest BCUT2D eigenvalue weighted by molar-refractivity contribution is 1.37. The van der Waals surface area contributed by atoms with Crippen LogP contribution < -0.4 is 0 Å². The van der Waals surface area contributed by atoms with Crippen molar-refractivity contribution in [1.29, 1.82) is 0 Å². The molecule has 0 radical (unpaired) electrons. The third-order valence-electron chi connectivity index (χ3n) is 6.24. The van der Waals surface area contributed by atoms with Gasteiger partial charge in [-0.25, -0.2) is 0 Å². The Morgan fingerprint density at radius 1 is 0.467 bits per heavy atom. The van der Waals surface area contributed by atoms with Crippen LogP contribution in [0.4, 0.5) is 0 Å². The van der Waals surface area contributed by atoms with Gasteiger partial charge in [0.15, 0.2) is 0 Å². The van der Waals surface area contributed by atoms with Crippen LogP contribution in [0, 0.1) is 0 Å². The molecule has 0 fully saturated rings. The minimum atomic E-state index is 0.953. The molecule has 2 heterocycles. The average Bonchev–Trinajstić information content (AvgIpc) is 2.82. The summed E-state index contributed by atoms with van der Waals surface area (Å²) >= 11 is 0. The quantitative estimate of drug-likeness (QED) is 0.278. The van der Waals surface area contributed by atoms with Gasteiger partial charge in [-0.15, -0.1) is 0 Å². The Morgan fingerprint density at radius 3 is 1.83 bits per heavy atom. The van der Waals surface area contributed by atoms with E-state index in [-0.39, 0.29) is 0 Å². The van der Waals surface area contributed by atoms with E-state index in [9.17, 15) is 0 Å². The number of aromatic nitrogens is 2. The molecule has 2 heteroatoms. The molecule has 0 saturated carbocycles. The molecule has 7 aromatic rings. The number of hydrogen-bond donors (Lipinski definition) is 0. The lowest BCUT2D eigenvalue weighted by atomic mass is 9.90. The van der Waals surface area contributed by atoms with Gasteiger partial charge in [-0.3, -0.25) is 9.97 Å². The summed E-state index contributed by atoms with van der Waals surface area (Å²) in [6.45, 7) is 0. The first-order chi connectivity index (χ1) is 14.9. The maximum atomic E-state index is 4.67. The maximum Gasteiger partial charge on any atom is 0.0970 e. The highest BCUT2D eigenvalue weighted by atomic mass is 14.7. The second-order valence-corrected chi connectivity index (χ2v) is 7.91. The van der Waals surface area contributed by atoms with Gasteiger partial charge in [-0.1, -0.05) is 54.6 Å². The van der Waals surface area contributed by atoms with Crippen molar-refractivity contribution in [3.8, 4) is 11.1 Å². The summed E-state index contributed by atoms with van der Waals surface area (Å²) in [6, 6.07) is 30.6. The van der Waals surface area contributed by atoms with Crippen molar-refractivity contribution in [1.82, 2.24) is 9.97 Å². The summed E-state index contributed by atoms with van der Waals surface area (Å²) in [7, 11) is 0. The predicted molar refractivity (Wildman–Crippen MR) is 126 cm³/mol. The van der Waals surface area contributed by atoms with Gasteiger partial charge < -0.3 is 0 Å². The van der Waals surface area contributed by atoms with E-state index in [1.165, 1.54) is 43.4 Å². The molecule has 30 heavy (non-hydrogen) atoms. The lowest BCUT2D eigenvalue weighted by Gasteiger charge is -2.14. The fourth-order valence-corrected chi connectivity index (χ4v) is 4.92. The van der Waals surface area contributed by atoms with E-state index in [4.69, 9.17) is 0 Å². The van der Waals surface area contributed by atoms with Crippen LogP contribution in [0.3, 0.4) is 0 Å². The van der Waals surface area contributed by atoms with Crippen molar-refractivity contribution < 1.29 is 0 Å². The minimum Gasteiger partial charge on any atom is -0.254 e. The summed E-state index contributed by atoms with van der Waals surface area (Å²) in [4.78, 5) is 9.27. The molecule has 7 rings (SSSR count). The van der Waals surface area contributed by atoms with Gasteiger partial charge in [0, 0.05) is 23.2 Å². The van der Waals surface area contributed by atoms with Gasteiger partial charge in [0.25, 0.3) is 0 Å². The number of rotatable bonds is 1. The highest BCUT2D eigenvalue weighted by molar-refractivity contribution is 6.24. The van der Waals surface area contributed by atoms with E-state index in [2.05, 4.69) is 82.8 Å². The first-order valence-electron chi connectivity index (χ1n) is 10.2. The zero-order valence-corrected chi connectivity index (χ0v) is 16.1. The molecule has 0 saturated heterocycles. The zero-order chi connectivity index (χ0) is 19.7. The van der Waals surface area contributed by atoms with Crippen LogP contribution >= 0.6 is 0 Å². The lowest BCUT2D eigenvalue weighted by Crippen LogP contribution is -1.90. The third kappa shape index (κ3) is 2.08. The molecule has 0 aliphatic carbocycles. The van der Waals surface area contributed by atoms with Crippen LogP contribution in [0.5, 0.6) is 0 Å². The highest BCUT2D eigenvalue weighted by Gasteiger charge is 2.13. The Kier molecular flexibility index (Phi) is 3.03. The summed E-state index contributed by atoms with van der Waals surface area (Å²) in [6.07, 6.45) is 3.69. The van der Waals surface area contributed by atoms with Crippen LogP contribution in [0.2, 0.25) is 0 Å². The predicted octanol–water partition coefficient (Wildman–Crippen LogP) is 7.35. The van der Waals surface area contributed by atoms with Crippen LogP contribution in [0.15, 0.2) is 97.3 Å². The van der Waals surface area contributed by atoms with Gasteiger partial charge >= 0.3 is 0 Å². The Morgan fingerprint density at radius 2 is 1.07 bits per heavy atom. The van der Waals surface area contributed by atoms with Crippen molar-refractivity contribution in [2.24, 2.45) is 0 Å². The molecule has 0 amide bonds. The van der Waals surface area contributed by atoms with Crippen molar-refractivity contribution in [2.45, 2.75) is 0 Å². The van der Waals surface area contributed by atoms with Crippen LogP contribution in [0.25, 0.3) is 65.3 Å². The van der Waals surface area contributed by atoms with E-state index in [1.54, 1.807) is 0 Å². The molecule has 5 aromatic carbocycles. The SMILES string of the molecule is c1cnc2c(c1)cc(-c1cc3ccc4cccc5ccc(c1)c3c45)c1cccnc12. The number of pyridine rings is 2. The number of hydrogen-bond acceptors (Lipinski definition) is 2. The second kappa shape index (κ2) is 5.74. The van der Waals surface area contributed by atoms with Crippen molar-refractivity contribution >= 4 is 54.1 Å². The summed E-state index contributed by atoms with van der Waals surface area (Å²) in [5.41, 5.74) is 4.32. The second-order valence-electron chi connectivity index (χ2n) is 7.91. The first-order valence-corrected chi connectivity index (χ1v) is 10.2. The molecule has 0 N–H and O–H groups in total. The van der Waals surface area contributed by atoms with Crippen molar-refractivity contribution in [2.75, 3.05) is 0 Å². The minimum absolute atomic E-state index is 0.953. The first kappa shape index (κ1) is 15.8. The van der Waals surface area contributed by atoms with E-state index >= 15 is 0 Å². The average molecular weight is 380 g/mol. The summed E-state index contributed by atoms with van der Waals surface area (Å²) < 4.78 is 0. The molecular weight excluding hydrogens is 364 g/mol. The molecule has 0 spiro atoms. The van der Waals surface area contributed by atoms with Crippen LogP contribution in [-0.2, 0) is 0 Å². The Bertz CT molecular complexity index is 1680. The molecule has 0 aliphatic heterocycles. The number of benzene rings is 5. The normalized spacial score (nSPS) is 12.0. The monoisotopic (exact) mass is 380 g/mol. The molecular formula is C28H16N2. The Balaban J connectivity index is 1.63. The smallest absolute Gasteiger partial charge is 0.0970 e. The van der Waals surface area contributed by atoms with Crippen LogP contribution in [-0.4, -0.2) is 9.97 Å². The Hall–Kier alpha value is -4.04. The van der Waals surface area contributed by atoms with E-state index in [0.29, 0.717) is 0 Å². The molecule has 0 unspecified atom stereocenters. The fourth-order valence-electron chi connectivity index (χ4n) is 4.92.